The summed E-state index contributed by atoms with van der Waals surface area (Å²) in [7, 11) is 0. The lowest BCUT2D eigenvalue weighted by molar-refractivity contribution is 0.300. The highest BCUT2D eigenvalue weighted by Crippen LogP contribution is 2.31. The van der Waals surface area contributed by atoms with E-state index in [9.17, 15) is 8.78 Å². The molecule has 0 unspecified atom stereocenters. The third-order valence-electron chi connectivity index (χ3n) is 5.36. The number of nitrogens with zero attached hydrogens (tertiary/aromatic N) is 1. The molecule has 0 atom stereocenters. The van der Waals surface area contributed by atoms with Gasteiger partial charge in [-0.15, -0.1) is 0 Å². The summed E-state index contributed by atoms with van der Waals surface area (Å²) >= 11 is 4.42. The van der Waals surface area contributed by atoms with Gasteiger partial charge < -0.3 is 0 Å². The average Bonchev–Trinajstić information content (AvgIpc) is 2.71. The van der Waals surface area contributed by atoms with Crippen molar-refractivity contribution < 1.29 is 8.78 Å². The van der Waals surface area contributed by atoms with Crippen molar-refractivity contribution in [1.29, 1.82) is 0 Å². The second-order valence-electron chi connectivity index (χ2n) is 7.34. The van der Waals surface area contributed by atoms with Crippen LogP contribution in [0.2, 0.25) is 0 Å². The standard InChI is InChI=1S/C24H23F2NS/c1-2-3-17-4-6-18(7-5-17)8-9-19-10-12-20(13-11-19)21-14-22(25)24(27-16-28)23(26)15-21/h10-15,17-18H,2-7H2,1H3. The molecule has 144 valence electrons. The zero-order valence-corrected chi connectivity index (χ0v) is 16.8. The summed E-state index contributed by atoms with van der Waals surface area (Å²) in [4.78, 5) is 3.43. The van der Waals surface area contributed by atoms with Gasteiger partial charge in [-0.3, -0.25) is 0 Å². The molecule has 0 aromatic heterocycles. The lowest BCUT2D eigenvalue weighted by Crippen LogP contribution is -2.13. The normalized spacial score (nSPS) is 18.7. The number of benzene rings is 2. The summed E-state index contributed by atoms with van der Waals surface area (Å²) in [5.74, 6) is 6.50. The van der Waals surface area contributed by atoms with Gasteiger partial charge in [0, 0.05) is 11.5 Å². The minimum absolute atomic E-state index is 0.408. The van der Waals surface area contributed by atoms with Crippen LogP contribution in [0, 0.1) is 35.3 Å². The first-order chi connectivity index (χ1) is 13.6. The predicted molar refractivity (Wildman–Crippen MR) is 114 cm³/mol. The van der Waals surface area contributed by atoms with E-state index in [1.807, 2.05) is 29.4 Å². The molecular weight excluding hydrogens is 372 g/mol. The Labute approximate surface area is 170 Å². The van der Waals surface area contributed by atoms with Crippen molar-refractivity contribution in [3.63, 3.8) is 0 Å². The molecule has 1 saturated carbocycles. The quantitative estimate of drug-likeness (QED) is 0.300. The molecule has 1 fully saturated rings. The molecule has 0 N–H and O–H groups in total. The van der Waals surface area contributed by atoms with Crippen LogP contribution in [0.15, 0.2) is 41.4 Å². The van der Waals surface area contributed by atoms with E-state index in [2.05, 4.69) is 36.0 Å². The van der Waals surface area contributed by atoms with E-state index < -0.39 is 17.3 Å². The first-order valence-corrected chi connectivity index (χ1v) is 10.2. The number of thiocarbonyl (C=S) groups is 1. The molecule has 28 heavy (non-hydrogen) atoms. The van der Waals surface area contributed by atoms with Crippen LogP contribution < -0.4 is 0 Å². The summed E-state index contributed by atoms with van der Waals surface area (Å²) in [5, 5.41) is 2.00. The summed E-state index contributed by atoms with van der Waals surface area (Å²) in [6, 6.07) is 9.96. The smallest absolute Gasteiger partial charge is 0.153 e. The third-order valence-corrected chi connectivity index (χ3v) is 5.45. The van der Waals surface area contributed by atoms with Gasteiger partial charge >= 0.3 is 0 Å². The Morgan fingerprint density at radius 2 is 1.64 bits per heavy atom. The van der Waals surface area contributed by atoms with Gasteiger partial charge in [0.15, 0.2) is 11.6 Å². The van der Waals surface area contributed by atoms with Gasteiger partial charge in [-0.05, 0) is 79.2 Å². The van der Waals surface area contributed by atoms with Crippen LogP contribution in [0.3, 0.4) is 0 Å². The van der Waals surface area contributed by atoms with Crippen LogP contribution in [0.4, 0.5) is 14.5 Å². The maximum atomic E-state index is 14.0. The van der Waals surface area contributed by atoms with Gasteiger partial charge in [-0.2, -0.15) is 4.99 Å². The Morgan fingerprint density at radius 3 is 2.21 bits per heavy atom. The Kier molecular flexibility index (Phi) is 7.09. The largest absolute Gasteiger partial charge is 0.204 e. The van der Waals surface area contributed by atoms with E-state index in [1.54, 1.807) is 0 Å². The highest BCUT2D eigenvalue weighted by atomic mass is 32.1. The summed E-state index contributed by atoms with van der Waals surface area (Å²) in [6.07, 6.45) is 7.54. The molecule has 0 heterocycles. The highest BCUT2D eigenvalue weighted by Gasteiger charge is 2.18. The Hall–Kier alpha value is -2.34. The molecule has 2 aromatic rings. The third kappa shape index (κ3) is 5.13. The lowest BCUT2D eigenvalue weighted by Gasteiger charge is -2.25. The summed E-state index contributed by atoms with van der Waals surface area (Å²) in [5.41, 5.74) is 1.69. The number of halogens is 2. The van der Waals surface area contributed by atoms with E-state index in [-0.39, 0.29) is 0 Å². The van der Waals surface area contributed by atoms with E-state index >= 15 is 0 Å². The van der Waals surface area contributed by atoms with Crippen LogP contribution >= 0.6 is 12.2 Å². The number of isothiocyanates is 1. The van der Waals surface area contributed by atoms with E-state index in [0.717, 1.165) is 17.0 Å². The van der Waals surface area contributed by atoms with Crippen molar-refractivity contribution in [2.24, 2.45) is 16.8 Å². The van der Waals surface area contributed by atoms with E-state index in [1.165, 1.54) is 50.7 Å². The SMILES string of the molecule is CCCC1CCC(C#Cc2ccc(-c3cc(F)c(N=C=S)c(F)c3)cc2)CC1. The zero-order chi connectivity index (χ0) is 19.9. The van der Waals surface area contributed by atoms with Gasteiger partial charge in [0.25, 0.3) is 0 Å². The molecule has 4 heteroatoms. The minimum Gasteiger partial charge on any atom is -0.204 e. The topological polar surface area (TPSA) is 12.4 Å². The van der Waals surface area contributed by atoms with Gasteiger partial charge in [0.05, 0.1) is 5.16 Å². The van der Waals surface area contributed by atoms with Crippen molar-refractivity contribution in [2.45, 2.75) is 45.4 Å². The number of rotatable bonds is 4. The van der Waals surface area contributed by atoms with Crippen LogP contribution in [0.5, 0.6) is 0 Å². The lowest BCUT2D eigenvalue weighted by atomic mass is 9.80. The highest BCUT2D eigenvalue weighted by molar-refractivity contribution is 7.78. The second-order valence-corrected chi connectivity index (χ2v) is 7.53. The number of hydrogen-bond donors (Lipinski definition) is 0. The molecule has 0 aliphatic heterocycles. The van der Waals surface area contributed by atoms with Crippen LogP contribution in [-0.4, -0.2) is 5.16 Å². The summed E-state index contributed by atoms with van der Waals surface area (Å²) < 4.78 is 28.0. The van der Waals surface area contributed by atoms with Crippen LogP contribution in [0.1, 0.15) is 51.0 Å². The van der Waals surface area contributed by atoms with Gasteiger partial charge in [0.2, 0.25) is 0 Å². The monoisotopic (exact) mass is 395 g/mol. The minimum atomic E-state index is -0.755. The summed E-state index contributed by atoms with van der Waals surface area (Å²) in [6.45, 7) is 2.25. The first kappa shape index (κ1) is 20.4. The molecule has 0 saturated heterocycles. The van der Waals surface area contributed by atoms with Gasteiger partial charge in [0.1, 0.15) is 5.69 Å². The molecule has 1 nitrogen and oxygen atoms in total. The van der Waals surface area contributed by atoms with Crippen molar-refractivity contribution in [3.05, 3.63) is 53.6 Å². The predicted octanol–water partition coefficient (Wildman–Crippen LogP) is 7.32. The van der Waals surface area contributed by atoms with E-state index in [4.69, 9.17) is 0 Å². The molecule has 0 bridgehead atoms. The fourth-order valence-electron chi connectivity index (χ4n) is 3.82. The fraction of sp³-hybridized carbons (Fsp3) is 0.375. The molecule has 0 radical (unpaired) electrons. The Morgan fingerprint density at radius 1 is 1.00 bits per heavy atom. The Balaban J connectivity index is 1.69. The van der Waals surface area contributed by atoms with Crippen LogP contribution in [-0.2, 0) is 0 Å². The van der Waals surface area contributed by atoms with Gasteiger partial charge in [-0.1, -0.05) is 43.7 Å². The molecule has 2 aromatic carbocycles. The number of aliphatic imine (C=N–C) groups is 1. The van der Waals surface area contributed by atoms with E-state index in [0.29, 0.717) is 11.5 Å². The Bertz CT molecular complexity index is 902. The van der Waals surface area contributed by atoms with Crippen molar-refractivity contribution in [3.8, 4) is 23.0 Å². The molecule has 0 spiro atoms. The average molecular weight is 396 g/mol. The zero-order valence-electron chi connectivity index (χ0n) is 16.0. The molecule has 1 aliphatic carbocycles. The first-order valence-electron chi connectivity index (χ1n) is 9.79. The maximum absolute atomic E-state index is 14.0. The molecule has 1 aliphatic rings. The molecule has 3 rings (SSSR count). The fourth-order valence-corrected chi connectivity index (χ4v) is 3.91. The molecule has 0 amide bonds. The number of hydrogen-bond acceptors (Lipinski definition) is 2. The van der Waals surface area contributed by atoms with Crippen molar-refractivity contribution in [1.82, 2.24) is 0 Å². The van der Waals surface area contributed by atoms with Crippen molar-refractivity contribution >= 4 is 23.1 Å². The maximum Gasteiger partial charge on any atom is 0.153 e. The molecular formula is C24H23F2NS. The second kappa shape index (κ2) is 9.73. The van der Waals surface area contributed by atoms with Crippen LogP contribution in [0.25, 0.3) is 11.1 Å². The van der Waals surface area contributed by atoms with Crippen molar-refractivity contribution in [2.75, 3.05) is 0 Å². The van der Waals surface area contributed by atoms with Gasteiger partial charge in [-0.25, -0.2) is 8.78 Å².